The van der Waals surface area contributed by atoms with Gasteiger partial charge in [0, 0.05) is 19.7 Å². The second-order valence-electron chi connectivity index (χ2n) is 6.78. The number of hydrogen-bond acceptors (Lipinski definition) is 5. The molecule has 6 nitrogen and oxygen atoms in total. The number of hydrogen-bond donors (Lipinski definition) is 0. The quantitative estimate of drug-likeness (QED) is 0.695. The molecule has 146 valence electrons. The SMILES string of the molecule is COCc1nn2c(CN3CC(CC(F)(F)F)=CC3=O)c(C3(F)CC3)nc2s1. The fourth-order valence-corrected chi connectivity index (χ4v) is 4.06. The van der Waals surface area contributed by atoms with Gasteiger partial charge in [0.2, 0.25) is 10.9 Å². The van der Waals surface area contributed by atoms with Gasteiger partial charge in [0.05, 0.1) is 25.3 Å². The van der Waals surface area contributed by atoms with Gasteiger partial charge in [-0.25, -0.2) is 13.9 Å². The fourth-order valence-electron chi connectivity index (χ4n) is 3.17. The van der Waals surface area contributed by atoms with E-state index >= 15 is 0 Å². The van der Waals surface area contributed by atoms with Crippen LogP contribution in [-0.2, 0) is 28.4 Å². The van der Waals surface area contributed by atoms with Crippen molar-refractivity contribution >= 4 is 22.2 Å². The van der Waals surface area contributed by atoms with Crippen LogP contribution in [-0.4, -0.2) is 45.2 Å². The highest BCUT2D eigenvalue weighted by Crippen LogP contribution is 2.50. The van der Waals surface area contributed by atoms with Crippen molar-refractivity contribution < 1.29 is 27.1 Å². The molecule has 1 saturated carbocycles. The van der Waals surface area contributed by atoms with E-state index in [2.05, 4.69) is 10.1 Å². The minimum Gasteiger partial charge on any atom is -0.377 e. The Morgan fingerprint density at radius 1 is 1.37 bits per heavy atom. The van der Waals surface area contributed by atoms with Gasteiger partial charge in [-0.1, -0.05) is 11.3 Å². The van der Waals surface area contributed by atoms with Crippen LogP contribution in [0, 0.1) is 0 Å². The van der Waals surface area contributed by atoms with E-state index < -0.39 is 24.2 Å². The zero-order chi connectivity index (χ0) is 19.4. The van der Waals surface area contributed by atoms with Gasteiger partial charge in [-0.05, 0) is 18.4 Å². The number of halogens is 4. The fraction of sp³-hybridized carbons (Fsp3) is 0.562. The summed E-state index contributed by atoms with van der Waals surface area (Å²) in [4.78, 5) is 18.2. The molecule has 2 aromatic heterocycles. The molecule has 2 aromatic rings. The molecule has 0 radical (unpaired) electrons. The molecule has 27 heavy (non-hydrogen) atoms. The standard InChI is InChI=1S/C16H16F4N4O2S/c1-26-8-11-22-24-10(13(15(17)2-3-15)21-14(24)27-11)7-23-6-9(4-12(23)25)5-16(18,19)20/h4H,2-3,5-8H2,1H3. The van der Waals surface area contributed by atoms with Crippen molar-refractivity contribution in [2.24, 2.45) is 0 Å². The number of alkyl halides is 4. The van der Waals surface area contributed by atoms with Crippen molar-refractivity contribution in [3.05, 3.63) is 28.0 Å². The van der Waals surface area contributed by atoms with Crippen LogP contribution in [0.1, 0.15) is 35.7 Å². The van der Waals surface area contributed by atoms with Crippen molar-refractivity contribution in [3.8, 4) is 0 Å². The topological polar surface area (TPSA) is 59.7 Å². The minimum absolute atomic E-state index is 0.00505. The Labute approximate surface area is 155 Å². The number of aromatic nitrogens is 3. The average molecular weight is 404 g/mol. The number of ether oxygens (including phenoxy) is 1. The number of fused-ring (bicyclic) bond motifs is 1. The van der Waals surface area contributed by atoms with E-state index in [4.69, 9.17) is 4.74 Å². The van der Waals surface area contributed by atoms with Gasteiger partial charge in [0.1, 0.15) is 10.7 Å². The van der Waals surface area contributed by atoms with Crippen LogP contribution >= 0.6 is 11.3 Å². The number of carbonyl (C=O) groups is 1. The predicted molar refractivity (Wildman–Crippen MR) is 87.8 cm³/mol. The molecule has 0 bridgehead atoms. The molecule has 1 amide bonds. The Bertz CT molecular complexity index is 929. The Kier molecular flexibility index (Phi) is 4.26. The number of nitrogens with zero attached hydrogens (tertiary/aromatic N) is 4. The summed E-state index contributed by atoms with van der Waals surface area (Å²) in [5.74, 6) is -0.522. The highest BCUT2D eigenvalue weighted by Gasteiger charge is 2.50. The van der Waals surface area contributed by atoms with Crippen molar-refractivity contribution in [3.63, 3.8) is 0 Å². The third kappa shape index (κ3) is 3.57. The highest BCUT2D eigenvalue weighted by atomic mass is 32.1. The smallest absolute Gasteiger partial charge is 0.377 e. The van der Waals surface area contributed by atoms with Crippen LogP contribution in [0.15, 0.2) is 11.6 Å². The number of carbonyl (C=O) groups excluding carboxylic acids is 1. The van der Waals surface area contributed by atoms with Crippen molar-refractivity contribution in [1.82, 2.24) is 19.5 Å². The minimum atomic E-state index is -4.38. The molecular weight excluding hydrogens is 388 g/mol. The first-order valence-electron chi connectivity index (χ1n) is 8.29. The van der Waals surface area contributed by atoms with E-state index in [-0.39, 0.29) is 31.0 Å². The number of methoxy groups -OCH3 is 1. The van der Waals surface area contributed by atoms with Crippen LogP contribution in [0.2, 0.25) is 0 Å². The van der Waals surface area contributed by atoms with Crippen LogP contribution in [0.3, 0.4) is 0 Å². The number of imidazole rings is 1. The highest BCUT2D eigenvalue weighted by molar-refractivity contribution is 7.16. The first-order valence-corrected chi connectivity index (χ1v) is 9.11. The van der Waals surface area contributed by atoms with E-state index in [0.29, 0.717) is 28.5 Å². The molecule has 1 aliphatic carbocycles. The summed E-state index contributed by atoms with van der Waals surface area (Å²) >= 11 is 1.25. The molecule has 4 rings (SSSR count). The average Bonchev–Trinajstić information content (AvgIpc) is 2.87. The second kappa shape index (κ2) is 6.26. The van der Waals surface area contributed by atoms with Gasteiger partial charge < -0.3 is 9.64 Å². The Morgan fingerprint density at radius 2 is 2.11 bits per heavy atom. The molecule has 0 aromatic carbocycles. The van der Waals surface area contributed by atoms with Gasteiger partial charge in [-0.15, -0.1) is 0 Å². The summed E-state index contributed by atoms with van der Waals surface area (Å²) in [5, 5.41) is 4.99. The van der Waals surface area contributed by atoms with E-state index in [0.717, 1.165) is 6.08 Å². The third-order valence-electron chi connectivity index (χ3n) is 4.52. The summed E-state index contributed by atoms with van der Waals surface area (Å²) in [6.07, 6.45) is -3.84. The molecule has 0 N–H and O–H groups in total. The lowest BCUT2D eigenvalue weighted by Gasteiger charge is -2.18. The molecule has 3 heterocycles. The van der Waals surface area contributed by atoms with Gasteiger partial charge in [0.15, 0.2) is 5.67 Å². The summed E-state index contributed by atoms with van der Waals surface area (Å²) in [6.45, 7) is 0.0812. The maximum Gasteiger partial charge on any atom is 0.392 e. The van der Waals surface area contributed by atoms with Crippen molar-refractivity contribution in [2.75, 3.05) is 13.7 Å². The lowest BCUT2D eigenvalue weighted by atomic mass is 10.2. The maximum absolute atomic E-state index is 14.7. The molecule has 11 heteroatoms. The first-order chi connectivity index (χ1) is 12.7. The largest absolute Gasteiger partial charge is 0.392 e. The van der Waals surface area contributed by atoms with Crippen molar-refractivity contribution in [1.29, 1.82) is 0 Å². The molecule has 0 unspecified atom stereocenters. The zero-order valence-corrected chi connectivity index (χ0v) is 15.2. The van der Waals surface area contributed by atoms with E-state index in [1.165, 1.54) is 27.9 Å². The summed E-state index contributed by atoms with van der Waals surface area (Å²) < 4.78 is 59.0. The predicted octanol–water partition coefficient (Wildman–Crippen LogP) is 3.12. The monoisotopic (exact) mass is 404 g/mol. The maximum atomic E-state index is 14.7. The van der Waals surface area contributed by atoms with E-state index in [1.807, 2.05) is 0 Å². The van der Waals surface area contributed by atoms with Gasteiger partial charge >= 0.3 is 6.18 Å². The molecule has 2 aliphatic rings. The summed E-state index contributed by atoms with van der Waals surface area (Å²) in [7, 11) is 1.52. The number of rotatable bonds is 6. The van der Waals surface area contributed by atoms with Gasteiger partial charge in [-0.3, -0.25) is 4.79 Å². The molecule has 1 fully saturated rings. The Hall–Kier alpha value is -2.01. The number of amides is 1. The summed E-state index contributed by atoms with van der Waals surface area (Å²) in [5.41, 5.74) is -0.926. The second-order valence-corrected chi connectivity index (χ2v) is 7.82. The van der Waals surface area contributed by atoms with Gasteiger partial charge in [-0.2, -0.15) is 18.3 Å². The molecule has 0 spiro atoms. The molecule has 1 aliphatic heterocycles. The van der Waals surface area contributed by atoms with E-state index in [9.17, 15) is 22.4 Å². The zero-order valence-electron chi connectivity index (χ0n) is 14.3. The third-order valence-corrected chi connectivity index (χ3v) is 5.40. The van der Waals surface area contributed by atoms with Crippen LogP contribution in [0.25, 0.3) is 4.96 Å². The Morgan fingerprint density at radius 3 is 2.74 bits per heavy atom. The molecule has 0 atom stereocenters. The normalized spacial score (nSPS) is 19.2. The lowest BCUT2D eigenvalue weighted by molar-refractivity contribution is -0.128. The Balaban J connectivity index is 1.62. The lowest BCUT2D eigenvalue weighted by Crippen LogP contribution is -2.27. The molecular formula is C16H16F4N4O2S. The van der Waals surface area contributed by atoms with Crippen LogP contribution in [0.4, 0.5) is 17.6 Å². The first kappa shape index (κ1) is 18.4. The van der Waals surface area contributed by atoms with Gasteiger partial charge in [0.25, 0.3) is 0 Å². The summed E-state index contributed by atoms with van der Waals surface area (Å²) in [6, 6.07) is 0. The molecule has 0 saturated heterocycles. The van der Waals surface area contributed by atoms with Crippen LogP contribution in [0.5, 0.6) is 0 Å². The van der Waals surface area contributed by atoms with E-state index in [1.54, 1.807) is 0 Å². The van der Waals surface area contributed by atoms with Crippen molar-refractivity contribution in [2.45, 2.75) is 44.3 Å². The van der Waals surface area contributed by atoms with Crippen LogP contribution < -0.4 is 0 Å².